The van der Waals surface area contributed by atoms with Crippen molar-refractivity contribution in [1.82, 2.24) is 10.3 Å². The number of hydrogen-bond acceptors (Lipinski definition) is 4. The van der Waals surface area contributed by atoms with Gasteiger partial charge in [-0.3, -0.25) is 14.6 Å². The summed E-state index contributed by atoms with van der Waals surface area (Å²) < 4.78 is 5.54. The van der Waals surface area contributed by atoms with Gasteiger partial charge in [0.1, 0.15) is 5.75 Å². The first-order valence-corrected chi connectivity index (χ1v) is 9.28. The second-order valence-corrected chi connectivity index (χ2v) is 6.70. The number of aromatic nitrogens is 1. The van der Waals surface area contributed by atoms with Crippen LogP contribution in [-0.2, 0) is 11.3 Å². The Morgan fingerprint density at radius 3 is 2.52 bits per heavy atom. The van der Waals surface area contributed by atoms with E-state index in [9.17, 15) is 9.59 Å². The van der Waals surface area contributed by atoms with E-state index in [4.69, 9.17) is 4.74 Å². The summed E-state index contributed by atoms with van der Waals surface area (Å²) >= 11 is 0. The third kappa shape index (κ3) is 5.90. The highest BCUT2D eigenvalue weighted by Crippen LogP contribution is 2.16. The van der Waals surface area contributed by atoms with E-state index in [1.54, 1.807) is 30.6 Å². The number of rotatable bonds is 7. The normalized spacial score (nSPS) is 10.3. The lowest BCUT2D eigenvalue weighted by atomic mass is 10.1. The molecule has 1 heterocycles. The molecule has 0 spiro atoms. The van der Waals surface area contributed by atoms with Gasteiger partial charge in [-0.25, -0.2) is 0 Å². The number of benzene rings is 2. The van der Waals surface area contributed by atoms with Crippen LogP contribution in [0.2, 0.25) is 0 Å². The van der Waals surface area contributed by atoms with Crippen molar-refractivity contribution in [2.75, 3.05) is 11.9 Å². The molecule has 0 unspecified atom stereocenters. The molecule has 0 atom stereocenters. The van der Waals surface area contributed by atoms with Gasteiger partial charge < -0.3 is 15.4 Å². The Morgan fingerprint density at radius 2 is 1.76 bits per heavy atom. The summed E-state index contributed by atoms with van der Waals surface area (Å²) in [4.78, 5) is 28.2. The van der Waals surface area contributed by atoms with Gasteiger partial charge in [0.25, 0.3) is 11.8 Å². The van der Waals surface area contributed by atoms with E-state index in [-0.39, 0.29) is 18.4 Å². The molecule has 0 aliphatic carbocycles. The third-order valence-corrected chi connectivity index (χ3v) is 4.47. The van der Waals surface area contributed by atoms with E-state index in [1.165, 1.54) is 5.56 Å². The number of hydrogen-bond donors (Lipinski definition) is 2. The highest BCUT2D eigenvalue weighted by atomic mass is 16.5. The molecule has 6 nitrogen and oxygen atoms in total. The first-order chi connectivity index (χ1) is 14.0. The molecule has 3 aromatic rings. The molecule has 0 fully saturated rings. The molecule has 2 aromatic carbocycles. The summed E-state index contributed by atoms with van der Waals surface area (Å²) in [5, 5.41) is 5.66. The second-order valence-electron chi connectivity index (χ2n) is 6.70. The van der Waals surface area contributed by atoms with E-state index in [0.717, 1.165) is 11.1 Å². The van der Waals surface area contributed by atoms with Gasteiger partial charge >= 0.3 is 0 Å². The molecule has 0 aliphatic rings. The summed E-state index contributed by atoms with van der Waals surface area (Å²) in [5.74, 6) is 0.244. The number of amides is 2. The quantitative estimate of drug-likeness (QED) is 0.646. The Bertz CT molecular complexity index is 1000. The molecule has 2 amide bonds. The predicted octanol–water partition coefficient (Wildman–Crippen LogP) is 3.65. The lowest BCUT2D eigenvalue weighted by Gasteiger charge is -2.10. The maximum absolute atomic E-state index is 12.2. The zero-order chi connectivity index (χ0) is 20.6. The minimum atomic E-state index is -0.213. The summed E-state index contributed by atoms with van der Waals surface area (Å²) in [6.07, 6.45) is 3.14. The molecule has 3 rings (SSSR count). The summed E-state index contributed by atoms with van der Waals surface area (Å²) in [6, 6.07) is 16.4. The Hall–Kier alpha value is -3.67. The van der Waals surface area contributed by atoms with Gasteiger partial charge in [-0.15, -0.1) is 0 Å². The van der Waals surface area contributed by atoms with Crippen LogP contribution in [0.5, 0.6) is 5.75 Å². The van der Waals surface area contributed by atoms with E-state index < -0.39 is 0 Å². The first kappa shape index (κ1) is 20.1. The average molecular weight is 389 g/mol. The minimum Gasteiger partial charge on any atom is -0.484 e. The molecule has 29 heavy (non-hydrogen) atoms. The number of nitrogens with zero attached hydrogens (tertiary/aromatic N) is 1. The number of nitrogens with one attached hydrogen (secondary N) is 2. The number of pyridine rings is 1. The number of anilines is 1. The molecule has 1 aromatic heterocycles. The Balaban J connectivity index is 1.50. The van der Waals surface area contributed by atoms with Crippen molar-refractivity contribution in [3.63, 3.8) is 0 Å². The van der Waals surface area contributed by atoms with Crippen LogP contribution in [0, 0.1) is 13.8 Å². The molecule has 0 aliphatic heterocycles. The van der Waals surface area contributed by atoms with Crippen LogP contribution in [0.3, 0.4) is 0 Å². The monoisotopic (exact) mass is 389 g/mol. The molecule has 0 saturated carbocycles. The fourth-order valence-electron chi connectivity index (χ4n) is 2.67. The van der Waals surface area contributed by atoms with E-state index in [0.29, 0.717) is 23.5 Å². The van der Waals surface area contributed by atoms with Crippen molar-refractivity contribution in [2.24, 2.45) is 0 Å². The van der Waals surface area contributed by atoms with Gasteiger partial charge in [-0.05, 0) is 66.9 Å². The van der Waals surface area contributed by atoms with Crippen LogP contribution in [-0.4, -0.2) is 23.4 Å². The zero-order valence-electron chi connectivity index (χ0n) is 16.4. The third-order valence-electron chi connectivity index (χ3n) is 4.47. The summed E-state index contributed by atoms with van der Waals surface area (Å²) in [6.45, 7) is 4.32. The van der Waals surface area contributed by atoms with Gasteiger partial charge in [0, 0.05) is 30.2 Å². The van der Waals surface area contributed by atoms with Crippen molar-refractivity contribution < 1.29 is 14.3 Å². The van der Waals surface area contributed by atoms with Gasteiger partial charge in [0.05, 0.1) is 0 Å². The molecule has 6 heteroatoms. The van der Waals surface area contributed by atoms with Crippen LogP contribution in [0.15, 0.2) is 67.0 Å². The highest BCUT2D eigenvalue weighted by Gasteiger charge is 2.07. The molecule has 2 N–H and O–H groups in total. The average Bonchev–Trinajstić information content (AvgIpc) is 2.74. The Kier molecular flexibility index (Phi) is 6.58. The first-order valence-electron chi connectivity index (χ1n) is 9.28. The van der Waals surface area contributed by atoms with Crippen LogP contribution >= 0.6 is 0 Å². The van der Waals surface area contributed by atoms with Crippen LogP contribution < -0.4 is 15.4 Å². The largest absolute Gasteiger partial charge is 0.484 e. The zero-order valence-corrected chi connectivity index (χ0v) is 16.4. The van der Waals surface area contributed by atoms with E-state index >= 15 is 0 Å². The number of carbonyl (C=O) groups is 2. The second kappa shape index (κ2) is 9.50. The lowest BCUT2D eigenvalue weighted by molar-refractivity contribution is -0.123. The van der Waals surface area contributed by atoms with E-state index in [1.807, 2.05) is 50.2 Å². The van der Waals surface area contributed by atoms with Crippen molar-refractivity contribution in [1.29, 1.82) is 0 Å². The Morgan fingerprint density at radius 1 is 0.966 bits per heavy atom. The van der Waals surface area contributed by atoms with Crippen molar-refractivity contribution in [3.05, 3.63) is 89.2 Å². The lowest BCUT2D eigenvalue weighted by Crippen LogP contribution is -2.28. The molecular formula is C23H23N3O3. The van der Waals surface area contributed by atoms with Gasteiger partial charge in [-0.2, -0.15) is 0 Å². The molecule has 0 radical (unpaired) electrons. The molecule has 148 valence electrons. The van der Waals surface area contributed by atoms with Crippen molar-refractivity contribution in [2.45, 2.75) is 20.4 Å². The highest BCUT2D eigenvalue weighted by molar-refractivity contribution is 6.04. The van der Waals surface area contributed by atoms with Gasteiger partial charge in [0.2, 0.25) is 0 Å². The number of ether oxygens (including phenoxy) is 1. The van der Waals surface area contributed by atoms with Crippen LogP contribution in [0.4, 0.5) is 5.69 Å². The summed E-state index contributed by atoms with van der Waals surface area (Å²) in [7, 11) is 0. The van der Waals surface area contributed by atoms with Crippen LogP contribution in [0.25, 0.3) is 0 Å². The standard InChI is InChI=1S/C23H23N3O3/c1-16-6-7-21(12-17(16)2)29-15-22(27)25-14-18-4-3-5-20(13-18)26-23(28)19-8-10-24-11-9-19/h3-13H,14-15H2,1-2H3,(H,25,27)(H,26,28). The molecule has 0 saturated heterocycles. The SMILES string of the molecule is Cc1ccc(OCC(=O)NCc2cccc(NC(=O)c3ccncc3)c2)cc1C. The fourth-order valence-corrected chi connectivity index (χ4v) is 2.67. The predicted molar refractivity (Wildman–Crippen MR) is 112 cm³/mol. The molecular weight excluding hydrogens is 366 g/mol. The maximum Gasteiger partial charge on any atom is 0.258 e. The van der Waals surface area contributed by atoms with Crippen molar-refractivity contribution >= 4 is 17.5 Å². The van der Waals surface area contributed by atoms with Gasteiger partial charge in [-0.1, -0.05) is 18.2 Å². The van der Waals surface area contributed by atoms with Crippen molar-refractivity contribution in [3.8, 4) is 5.75 Å². The van der Waals surface area contributed by atoms with E-state index in [2.05, 4.69) is 15.6 Å². The van der Waals surface area contributed by atoms with Crippen LogP contribution in [0.1, 0.15) is 27.0 Å². The van der Waals surface area contributed by atoms with Gasteiger partial charge in [0.15, 0.2) is 6.61 Å². The number of aryl methyl sites for hydroxylation is 2. The number of carbonyl (C=O) groups excluding carboxylic acids is 2. The minimum absolute atomic E-state index is 0.0546. The topological polar surface area (TPSA) is 80.3 Å². The Labute approximate surface area is 169 Å². The maximum atomic E-state index is 12.2. The smallest absolute Gasteiger partial charge is 0.258 e. The fraction of sp³-hybridized carbons (Fsp3) is 0.174. The summed E-state index contributed by atoms with van der Waals surface area (Å²) in [5.41, 5.74) is 4.36. The molecule has 0 bridgehead atoms.